The molecule has 2 N–H and O–H groups in total. The maximum absolute atomic E-state index is 13.7. The maximum Gasteiger partial charge on any atom is 0.511 e. The number of sulfonamides is 1. The predicted molar refractivity (Wildman–Crippen MR) is 138 cm³/mol. The number of likely N-dealkylation sites (N-methyl/N-ethyl adjacent to an activating group) is 1. The highest BCUT2D eigenvalue weighted by Crippen LogP contribution is 2.33. The Morgan fingerprint density at radius 1 is 1.15 bits per heavy atom. The van der Waals surface area contributed by atoms with Crippen molar-refractivity contribution >= 4 is 21.9 Å². The molecular weight excluding hydrogens is 541 g/mol. The van der Waals surface area contributed by atoms with Gasteiger partial charge in [-0.2, -0.15) is 17.5 Å². The van der Waals surface area contributed by atoms with Gasteiger partial charge in [-0.15, -0.1) is 5.73 Å². The predicted octanol–water partition coefficient (Wildman–Crippen LogP) is 2.19. The number of carbonyl (C=O) groups excluding carboxylic acids is 2. The van der Waals surface area contributed by atoms with Crippen LogP contribution in [0.5, 0.6) is 0 Å². The van der Waals surface area contributed by atoms with Gasteiger partial charge in [-0.3, -0.25) is 15.4 Å². The van der Waals surface area contributed by atoms with Crippen LogP contribution in [0.25, 0.3) is 0 Å². The Morgan fingerprint density at radius 3 is 2.18 bits per heavy atom. The summed E-state index contributed by atoms with van der Waals surface area (Å²) in [4.78, 5) is 27.8. The third-order valence-corrected chi connectivity index (χ3v) is 8.55. The molecule has 2 fully saturated rings. The van der Waals surface area contributed by atoms with Gasteiger partial charge in [-0.05, 0) is 23.3 Å². The zero-order valence-corrected chi connectivity index (χ0v) is 24.6. The third kappa shape index (κ3) is 7.83. The summed E-state index contributed by atoms with van der Waals surface area (Å²) in [6.07, 6.45) is 0.841. The van der Waals surface area contributed by atoms with E-state index in [1.807, 2.05) is 20.8 Å². The van der Waals surface area contributed by atoms with Gasteiger partial charge in [0.25, 0.3) is 0 Å². The Bertz CT molecular complexity index is 1060. The zero-order chi connectivity index (χ0) is 30.1. The fourth-order valence-corrected chi connectivity index (χ4v) is 5.21. The second-order valence-electron chi connectivity index (χ2n) is 12.1. The van der Waals surface area contributed by atoms with E-state index in [1.54, 1.807) is 26.8 Å². The van der Waals surface area contributed by atoms with E-state index in [4.69, 9.17) is 9.47 Å². The molecule has 2 heterocycles. The number of carbonyl (C=O) groups is 2. The fraction of sp³-hybridized carbons (Fsp3) is 0.800. The molecule has 0 spiro atoms. The lowest BCUT2D eigenvalue weighted by Crippen LogP contribution is -2.57. The minimum atomic E-state index is -5.51. The summed E-state index contributed by atoms with van der Waals surface area (Å²) in [5, 5.41) is 6.25. The molecule has 2 aliphatic heterocycles. The largest absolute Gasteiger partial charge is 0.511 e. The van der Waals surface area contributed by atoms with Gasteiger partial charge >= 0.3 is 21.5 Å². The van der Waals surface area contributed by atoms with Gasteiger partial charge < -0.3 is 14.4 Å². The first-order valence-electron chi connectivity index (χ1n) is 12.6. The van der Waals surface area contributed by atoms with E-state index in [0.29, 0.717) is 13.0 Å². The normalized spacial score (nSPS) is 25.7. The van der Waals surface area contributed by atoms with Gasteiger partial charge in [0.15, 0.2) is 12.5 Å². The van der Waals surface area contributed by atoms with E-state index in [-0.39, 0.29) is 16.1 Å². The van der Waals surface area contributed by atoms with Crippen LogP contribution in [-0.2, 0) is 29.1 Å². The Balaban J connectivity index is 2.18. The number of nitrogens with zero attached hydrogens (tertiary/aromatic N) is 2. The van der Waals surface area contributed by atoms with Crippen LogP contribution in [0.2, 0.25) is 0 Å². The summed E-state index contributed by atoms with van der Waals surface area (Å²) in [7, 11) is -3.37. The monoisotopic (exact) mass is 582 g/mol. The molecule has 0 saturated carbocycles. The molecule has 2 aliphatic rings. The minimum Gasteiger partial charge on any atom is -0.467 e. The van der Waals surface area contributed by atoms with Crippen molar-refractivity contribution in [3.05, 3.63) is 18.4 Å². The first kappa shape index (κ1) is 33.2. The van der Waals surface area contributed by atoms with Gasteiger partial charge in [0.1, 0.15) is 6.04 Å². The maximum atomic E-state index is 13.7. The Morgan fingerprint density at radius 2 is 1.72 bits per heavy atom. The van der Waals surface area contributed by atoms with Crippen LogP contribution in [0, 0.1) is 16.7 Å². The summed E-state index contributed by atoms with van der Waals surface area (Å²) >= 11 is 0. The molecular formula is C25H41F3N4O6S. The Hall–Kier alpha value is -1.96. The highest BCUT2D eigenvalue weighted by Gasteiger charge is 2.52. The van der Waals surface area contributed by atoms with Crippen molar-refractivity contribution < 1.29 is 40.7 Å². The molecule has 2 unspecified atom stereocenters. The number of methoxy groups -OCH3 is 1. The second kappa shape index (κ2) is 11.9. The van der Waals surface area contributed by atoms with Gasteiger partial charge in [0.2, 0.25) is 5.91 Å². The quantitative estimate of drug-likeness (QED) is 0.229. The molecule has 0 aromatic carbocycles. The van der Waals surface area contributed by atoms with Crippen LogP contribution < -0.4 is 10.6 Å². The number of hydrogen-bond donors (Lipinski definition) is 2. The van der Waals surface area contributed by atoms with E-state index in [0.717, 1.165) is 7.05 Å². The number of halogens is 3. The first-order valence-corrected chi connectivity index (χ1v) is 14.0. The van der Waals surface area contributed by atoms with E-state index in [1.165, 1.54) is 12.0 Å². The van der Waals surface area contributed by atoms with Crippen molar-refractivity contribution in [1.82, 2.24) is 19.8 Å². The van der Waals surface area contributed by atoms with Crippen molar-refractivity contribution in [2.75, 3.05) is 27.2 Å². The molecule has 6 atom stereocenters. The van der Waals surface area contributed by atoms with E-state index in [2.05, 4.69) is 22.9 Å². The van der Waals surface area contributed by atoms with E-state index >= 15 is 0 Å². The number of esters is 1. The molecule has 224 valence electrons. The lowest BCUT2D eigenvalue weighted by atomic mass is 9.85. The molecule has 0 aliphatic carbocycles. The number of alkyl halides is 3. The van der Waals surface area contributed by atoms with Crippen molar-refractivity contribution in [2.24, 2.45) is 16.7 Å². The number of ether oxygens (including phenoxy) is 2. The highest BCUT2D eigenvalue weighted by molar-refractivity contribution is 7.89. The number of rotatable bonds is 10. The highest BCUT2D eigenvalue weighted by atomic mass is 32.2. The average molecular weight is 583 g/mol. The molecule has 2 rings (SSSR count). The molecule has 0 radical (unpaired) electrons. The zero-order valence-electron chi connectivity index (χ0n) is 23.8. The lowest BCUT2D eigenvalue weighted by Gasteiger charge is -2.36. The standard InChI is InChI=1S/C25H41F3N4O6S/c1-10-11-15-12-13-32(17(15)22(34)37-9)21(33)18(24(5,6)7)30-20-19(38-20)29-16(23(2,3)4)14-31(8)39(35,36)25(26,27)28/h11,15-20,29-30H,1,12-14H2,2-9H3/t15-,16+,17-,18+,19?,20?/m0/s1. The van der Waals surface area contributed by atoms with Crippen molar-refractivity contribution in [3.63, 3.8) is 0 Å². The van der Waals surface area contributed by atoms with Crippen molar-refractivity contribution in [2.45, 2.75) is 84.1 Å². The molecule has 0 aromatic heterocycles. The van der Waals surface area contributed by atoms with Crippen LogP contribution in [0.4, 0.5) is 13.2 Å². The summed E-state index contributed by atoms with van der Waals surface area (Å²) in [6, 6.07) is -2.32. The number of epoxide rings is 1. The second-order valence-corrected chi connectivity index (χ2v) is 14.1. The van der Waals surface area contributed by atoms with Crippen LogP contribution in [0.1, 0.15) is 48.0 Å². The van der Waals surface area contributed by atoms with Gasteiger partial charge in [-0.1, -0.05) is 48.1 Å². The van der Waals surface area contributed by atoms with E-state index < -0.39 is 69.5 Å². The summed E-state index contributed by atoms with van der Waals surface area (Å²) in [5.41, 5.74) is -3.98. The van der Waals surface area contributed by atoms with Gasteiger partial charge in [0, 0.05) is 32.1 Å². The fourth-order valence-electron chi connectivity index (χ4n) is 4.51. The first-order chi connectivity index (χ1) is 17.7. The number of nitrogens with one attached hydrogen (secondary N) is 2. The minimum absolute atomic E-state index is 0.274. The van der Waals surface area contributed by atoms with Crippen LogP contribution in [0.15, 0.2) is 18.4 Å². The third-order valence-electron chi connectivity index (χ3n) is 6.99. The Labute approximate surface area is 229 Å². The molecule has 1 amide bonds. The van der Waals surface area contributed by atoms with Crippen molar-refractivity contribution in [3.8, 4) is 0 Å². The topological polar surface area (TPSA) is 121 Å². The van der Waals surface area contributed by atoms with Crippen LogP contribution in [0.3, 0.4) is 0 Å². The molecule has 2 saturated heterocycles. The average Bonchev–Trinajstić information content (AvgIpc) is 3.39. The molecule has 10 nitrogen and oxygen atoms in total. The lowest BCUT2D eigenvalue weighted by molar-refractivity contribution is -0.153. The number of amides is 1. The molecule has 14 heteroatoms. The SMILES string of the molecule is C=C=C[C@H]1CCN(C(=O)[C@@H](NC2OC2N[C@H](CN(C)S(=O)(=O)C(F)(F)F)C(C)(C)C)C(C)(C)C)[C@@H]1C(=O)OC. The summed E-state index contributed by atoms with van der Waals surface area (Å²) in [5.74, 6) is -1.16. The summed E-state index contributed by atoms with van der Waals surface area (Å²) < 4.78 is 73.7. The van der Waals surface area contributed by atoms with Gasteiger partial charge in [-0.25, -0.2) is 13.2 Å². The smallest absolute Gasteiger partial charge is 0.467 e. The molecule has 0 aromatic rings. The Kier molecular flexibility index (Phi) is 10.1. The molecule has 39 heavy (non-hydrogen) atoms. The number of likely N-dealkylation sites (tertiary alicyclic amines) is 1. The van der Waals surface area contributed by atoms with Gasteiger partial charge in [0.05, 0.1) is 13.2 Å². The van der Waals surface area contributed by atoms with Crippen LogP contribution in [-0.4, -0.2) is 92.8 Å². The van der Waals surface area contributed by atoms with E-state index in [9.17, 15) is 31.2 Å². The number of hydrogen-bond acceptors (Lipinski definition) is 8. The van der Waals surface area contributed by atoms with Crippen molar-refractivity contribution in [1.29, 1.82) is 0 Å². The van der Waals surface area contributed by atoms with Crippen LogP contribution >= 0.6 is 0 Å². The summed E-state index contributed by atoms with van der Waals surface area (Å²) in [6.45, 7) is 14.3. The molecule has 0 bridgehead atoms.